The number of anilines is 1. The van der Waals surface area contributed by atoms with Crippen molar-refractivity contribution in [1.82, 2.24) is 10.2 Å². The lowest BCUT2D eigenvalue weighted by molar-refractivity contribution is 0.146. The molecule has 0 spiro atoms. The van der Waals surface area contributed by atoms with E-state index in [4.69, 9.17) is 15.2 Å². The Kier molecular flexibility index (Phi) is 4.53. The van der Waals surface area contributed by atoms with Crippen LogP contribution in [0.25, 0.3) is 11.3 Å². The Morgan fingerprint density at radius 2 is 1.80 bits per heavy atom. The first-order chi connectivity index (χ1) is 9.65. The summed E-state index contributed by atoms with van der Waals surface area (Å²) in [5.41, 5.74) is 9.45. The van der Waals surface area contributed by atoms with E-state index in [2.05, 4.69) is 10.2 Å². The van der Waals surface area contributed by atoms with E-state index in [-0.39, 0.29) is 0 Å². The number of nitrogens with zero attached hydrogens (tertiary/aromatic N) is 2. The van der Waals surface area contributed by atoms with Crippen LogP contribution in [0.15, 0.2) is 24.3 Å². The van der Waals surface area contributed by atoms with E-state index in [1.54, 1.807) is 7.11 Å². The highest BCUT2D eigenvalue weighted by Gasteiger charge is 2.13. The fourth-order valence-corrected chi connectivity index (χ4v) is 1.90. The summed E-state index contributed by atoms with van der Waals surface area (Å²) < 4.78 is 10.7. The molecule has 106 valence electrons. The minimum Gasteiger partial charge on any atom is -0.490 e. The highest BCUT2D eigenvalue weighted by Crippen LogP contribution is 2.32. The fraction of sp³-hybridized carbons (Fsp3) is 0.333. The minimum absolute atomic E-state index is 0.462. The van der Waals surface area contributed by atoms with Gasteiger partial charge < -0.3 is 15.2 Å². The van der Waals surface area contributed by atoms with Crippen LogP contribution in [0.3, 0.4) is 0 Å². The van der Waals surface area contributed by atoms with Crippen LogP contribution < -0.4 is 10.5 Å². The van der Waals surface area contributed by atoms with Crippen LogP contribution in [-0.2, 0) is 4.74 Å². The molecule has 5 nitrogen and oxygen atoms in total. The zero-order valence-corrected chi connectivity index (χ0v) is 12.0. The fourth-order valence-electron chi connectivity index (χ4n) is 1.90. The summed E-state index contributed by atoms with van der Waals surface area (Å²) in [4.78, 5) is 0. The van der Waals surface area contributed by atoms with Crippen molar-refractivity contribution in [2.24, 2.45) is 0 Å². The molecule has 0 saturated carbocycles. The maximum atomic E-state index is 5.78. The molecule has 0 unspecified atom stereocenters. The summed E-state index contributed by atoms with van der Waals surface area (Å²) in [5.74, 6) is 1.23. The van der Waals surface area contributed by atoms with Gasteiger partial charge in [-0.1, -0.05) is 12.1 Å². The Balaban J connectivity index is 2.40. The van der Waals surface area contributed by atoms with Crippen molar-refractivity contribution >= 4 is 5.82 Å². The van der Waals surface area contributed by atoms with Crippen LogP contribution in [-0.4, -0.2) is 30.5 Å². The number of ether oxygens (including phenoxy) is 2. The number of hydrogen-bond donors (Lipinski definition) is 1. The van der Waals surface area contributed by atoms with Crippen LogP contribution in [0.4, 0.5) is 5.82 Å². The van der Waals surface area contributed by atoms with Crippen LogP contribution in [0, 0.1) is 13.8 Å². The molecule has 1 aromatic heterocycles. The van der Waals surface area contributed by atoms with Crippen molar-refractivity contribution in [3.8, 4) is 17.0 Å². The molecule has 0 atom stereocenters. The van der Waals surface area contributed by atoms with Crippen LogP contribution in [0.5, 0.6) is 5.75 Å². The first kappa shape index (κ1) is 14.3. The van der Waals surface area contributed by atoms with E-state index in [9.17, 15) is 0 Å². The van der Waals surface area contributed by atoms with Gasteiger partial charge in [0.05, 0.1) is 12.3 Å². The quantitative estimate of drug-likeness (QED) is 0.847. The molecule has 0 amide bonds. The molecule has 0 aliphatic heterocycles. The number of methoxy groups -OCH3 is 1. The summed E-state index contributed by atoms with van der Waals surface area (Å²) in [5, 5.41) is 8.21. The van der Waals surface area contributed by atoms with E-state index in [0.29, 0.717) is 19.0 Å². The van der Waals surface area contributed by atoms with E-state index in [1.807, 2.05) is 38.1 Å². The van der Waals surface area contributed by atoms with Crippen LogP contribution in [0.1, 0.15) is 11.1 Å². The lowest BCUT2D eigenvalue weighted by Gasteiger charge is -2.13. The number of benzene rings is 1. The predicted molar refractivity (Wildman–Crippen MR) is 78.7 cm³/mol. The second-order valence-electron chi connectivity index (χ2n) is 4.52. The average Bonchev–Trinajstić information content (AvgIpc) is 2.46. The topological polar surface area (TPSA) is 70.3 Å². The molecular weight excluding hydrogens is 254 g/mol. The summed E-state index contributed by atoms with van der Waals surface area (Å²) in [6.45, 7) is 4.96. The molecule has 0 saturated heterocycles. The van der Waals surface area contributed by atoms with E-state index < -0.39 is 0 Å². The molecule has 2 rings (SSSR count). The first-order valence-electron chi connectivity index (χ1n) is 6.45. The second-order valence-corrected chi connectivity index (χ2v) is 4.52. The molecule has 5 heteroatoms. The van der Waals surface area contributed by atoms with Crippen LogP contribution in [0.2, 0.25) is 0 Å². The molecule has 0 fully saturated rings. The summed E-state index contributed by atoms with van der Waals surface area (Å²) in [6, 6.07) is 7.76. The zero-order chi connectivity index (χ0) is 14.5. The number of hydrogen-bond acceptors (Lipinski definition) is 5. The molecule has 1 aromatic carbocycles. The Bertz CT molecular complexity index is 600. The van der Waals surface area contributed by atoms with Gasteiger partial charge in [-0.25, -0.2) is 0 Å². The summed E-state index contributed by atoms with van der Waals surface area (Å²) >= 11 is 0. The third-order valence-electron chi connectivity index (χ3n) is 3.25. The van der Waals surface area contributed by atoms with Gasteiger partial charge >= 0.3 is 0 Å². The normalized spacial score (nSPS) is 10.6. The lowest BCUT2D eigenvalue weighted by atomic mass is 10.0. The molecule has 20 heavy (non-hydrogen) atoms. The first-order valence-corrected chi connectivity index (χ1v) is 6.45. The Hall–Kier alpha value is -2.14. The lowest BCUT2D eigenvalue weighted by Crippen LogP contribution is -2.06. The Morgan fingerprint density at radius 3 is 2.55 bits per heavy atom. The third-order valence-corrected chi connectivity index (χ3v) is 3.25. The number of para-hydroxylation sites is 1. The van der Waals surface area contributed by atoms with Crippen molar-refractivity contribution in [1.29, 1.82) is 0 Å². The molecular formula is C15H19N3O2. The van der Waals surface area contributed by atoms with E-state index in [0.717, 1.165) is 28.1 Å². The Labute approximate surface area is 118 Å². The average molecular weight is 273 g/mol. The number of nitrogens with two attached hydrogens (primary N) is 1. The molecule has 0 radical (unpaired) electrons. The van der Waals surface area contributed by atoms with Gasteiger partial charge in [0, 0.05) is 12.7 Å². The highest BCUT2D eigenvalue weighted by atomic mass is 16.5. The molecule has 0 bridgehead atoms. The van der Waals surface area contributed by atoms with E-state index in [1.165, 1.54) is 0 Å². The number of nitrogen functional groups attached to an aromatic ring is 1. The van der Waals surface area contributed by atoms with E-state index >= 15 is 0 Å². The van der Waals surface area contributed by atoms with Crippen LogP contribution >= 0.6 is 0 Å². The maximum Gasteiger partial charge on any atom is 0.149 e. The van der Waals surface area contributed by atoms with Gasteiger partial charge in [0.15, 0.2) is 0 Å². The second kappa shape index (κ2) is 6.34. The van der Waals surface area contributed by atoms with Crippen molar-refractivity contribution in [2.45, 2.75) is 13.8 Å². The molecule has 1 heterocycles. The van der Waals surface area contributed by atoms with Gasteiger partial charge in [0.25, 0.3) is 0 Å². The largest absolute Gasteiger partial charge is 0.490 e. The van der Waals surface area contributed by atoms with Crippen molar-refractivity contribution < 1.29 is 9.47 Å². The Morgan fingerprint density at radius 1 is 1.05 bits per heavy atom. The summed E-state index contributed by atoms with van der Waals surface area (Å²) in [6.07, 6.45) is 0. The van der Waals surface area contributed by atoms with Crippen molar-refractivity contribution in [3.05, 3.63) is 35.4 Å². The standard InChI is InChI=1S/C15H19N3O2/c1-10-11(2)15(16)18-17-14(10)12-6-4-5-7-13(12)20-9-8-19-3/h4-7H,8-9H2,1-3H3,(H2,16,18). The smallest absolute Gasteiger partial charge is 0.149 e. The van der Waals surface area contributed by atoms with Crippen molar-refractivity contribution in [2.75, 3.05) is 26.1 Å². The SMILES string of the molecule is COCCOc1ccccc1-c1nnc(N)c(C)c1C. The molecule has 2 aromatic rings. The zero-order valence-electron chi connectivity index (χ0n) is 12.0. The number of aromatic nitrogens is 2. The number of rotatable bonds is 5. The predicted octanol–water partition coefficient (Wildman–Crippen LogP) is 2.37. The highest BCUT2D eigenvalue weighted by molar-refractivity contribution is 5.71. The van der Waals surface area contributed by atoms with Gasteiger partial charge in [-0.3, -0.25) is 0 Å². The van der Waals surface area contributed by atoms with Gasteiger partial charge in [-0.15, -0.1) is 10.2 Å². The molecule has 0 aliphatic carbocycles. The van der Waals surface area contributed by atoms with Gasteiger partial charge in [-0.2, -0.15) is 0 Å². The van der Waals surface area contributed by atoms with Gasteiger partial charge in [0.2, 0.25) is 0 Å². The van der Waals surface area contributed by atoms with Gasteiger partial charge in [-0.05, 0) is 37.1 Å². The third kappa shape index (κ3) is 2.88. The molecule has 2 N–H and O–H groups in total. The van der Waals surface area contributed by atoms with Crippen molar-refractivity contribution in [3.63, 3.8) is 0 Å². The monoisotopic (exact) mass is 273 g/mol. The summed E-state index contributed by atoms with van der Waals surface area (Å²) in [7, 11) is 1.65. The molecule has 0 aliphatic rings. The van der Waals surface area contributed by atoms with Gasteiger partial charge in [0.1, 0.15) is 18.2 Å². The minimum atomic E-state index is 0.462. The maximum absolute atomic E-state index is 5.78.